The molecule has 1 unspecified atom stereocenters. The van der Waals surface area contributed by atoms with Gasteiger partial charge in [0.2, 0.25) is 5.91 Å². The second kappa shape index (κ2) is 4.81. The second-order valence-corrected chi connectivity index (χ2v) is 3.34. The summed E-state index contributed by atoms with van der Waals surface area (Å²) >= 11 is 0. The van der Waals surface area contributed by atoms with Crippen LogP contribution in [0.25, 0.3) is 0 Å². The van der Waals surface area contributed by atoms with Gasteiger partial charge >= 0.3 is 0 Å². The van der Waals surface area contributed by atoms with E-state index in [-0.39, 0.29) is 11.8 Å². The van der Waals surface area contributed by atoms with Crippen molar-refractivity contribution >= 4 is 5.91 Å². The number of nitrogens with two attached hydrogens (primary N) is 1. The van der Waals surface area contributed by atoms with Crippen LogP contribution in [0, 0.1) is 5.92 Å². The minimum absolute atomic E-state index is 0.0307. The predicted octanol–water partition coefficient (Wildman–Crippen LogP) is 0.815. The van der Waals surface area contributed by atoms with Gasteiger partial charge in [-0.3, -0.25) is 9.63 Å². The van der Waals surface area contributed by atoms with E-state index in [1.165, 1.54) is 12.2 Å². The highest BCUT2D eigenvalue weighted by Gasteiger charge is 2.15. The zero-order valence-corrected chi connectivity index (χ0v) is 8.56. The average Bonchev–Trinajstić information content (AvgIpc) is 2.16. The molecule has 14 heavy (non-hydrogen) atoms. The van der Waals surface area contributed by atoms with E-state index in [0.717, 1.165) is 12.1 Å². The molecule has 0 aromatic heterocycles. The number of rotatable bonds is 3. The summed E-state index contributed by atoms with van der Waals surface area (Å²) in [6, 6.07) is 0. The van der Waals surface area contributed by atoms with Crippen molar-refractivity contribution in [2.75, 3.05) is 14.2 Å². The summed E-state index contributed by atoms with van der Waals surface area (Å²) in [7, 11) is 3.08. The van der Waals surface area contributed by atoms with Crippen LogP contribution < -0.4 is 5.73 Å². The van der Waals surface area contributed by atoms with E-state index >= 15 is 0 Å². The number of allylic oxidation sites excluding steroid dienone is 3. The van der Waals surface area contributed by atoms with Crippen molar-refractivity contribution in [1.82, 2.24) is 5.06 Å². The van der Waals surface area contributed by atoms with Crippen LogP contribution in [0.3, 0.4) is 0 Å². The first kappa shape index (κ1) is 10.8. The molecule has 4 heteroatoms. The maximum absolute atomic E-state index is 11.5. The maximum atomic E-state index is 11.5. The van der Waals surface area contributed by atoms with Crippen LogP contribution in [0.5, 0.6) is 0 Å². The molecule has 78 valence electrons. The first-order valence-corrected chi connectivity index (χ1v) is 4.58. The number of amides is 1. The molecule has 0 aromatic rings. The molecular weight excluding hydrogens is 180 g/mol. The van der Waals surface area contributed by atoms with Crippen LogP contribution in [-0.4, -0.2) is 25.1 Å². The monoisotopic (exact) mass is 196 g/mol. The fourth-order valence-corrected chi connectivity index (χ4v) is 1.37. The molecule has 1 atom stereocenters. The number of hydroxylamine groups is 2. The van der Waals surface area contributed by atoms with Crippen LogP contribution in [0.15, 0.2) is 23.9 Å². The number of carbonyl (C=O) groups excluding carboxylic acids is 1. The van der Waals surface area contributed by atoms with Gasteiger partial charge in [-0.2, -0.15) is 0 Å². The predicted molar refractivity (Wildman–Crippen MR) is 53.9 cm³/mol. The second-order valence-electron chi connectivity index (χ2n) is 3.34. The SMILES string of the molecule is CON(C)C(=O)CC1C=C(N)C=CC1. The number of hydrogen-bond acceptors (Lipinski definition) is 3. The van der Waals surface area contributed by atoms with E-state index in [9.17, 15) is 4.79 Å². The Kier molecular flexibility index (Phi) is 3.71. The molecule has 0 aromatic carbocycles. The summed E-state index contributed by atoms with van der Waals surface area (Å²) in [4.78, 5) is 16.2. The van der Waals surface area contributed by atoms with Crippen molar-refractivity contribution < 1.29 is 9.63 Å². The maximum Gasteiger partial charge on any atom is 0.246 e. The zero-order valence-electron chi connectivity index (χ0n) is 8.56. The number of nitrogens with zero attached hydrogens (tertiary/aromatic N) is 1. The summed E-state index contributed by atoms with van der Waals surface area (Å²) in [5.41, 5.74) is 6.36. The smallest absolute Gasteiger partial charge is 0.246 e. The van der Waals surface area contributed by atoms with E-state index in [4.69, 9.17) is 10.6 Å². The molecule has 0 heterocycles. The highest BCUT2D eigenvalue weighted by molar-refractivity contribution is 5.75. The third-order valence-corrected chi connectivity index (χ3v) is 2.24. The molecular formula is C10H16N2O2. The lowest BCUT2D eigenvalue weighted by atomic mass is 9.96. The largest absolute Gasteiger partial charge is 0.399 e. The van der Waals surface area contributed by atoms with E-state index in [1.807, 2.05) is 18.2 Å². The molecule has 0 aliphatic heterocycles. The molecule has 1 aliphatic carbocycles. The minimum Gasteiger partial charge on any atom is -0.399 e. The van der Waals surface area contributed by atoms with Gasteiger partial charge in [-0.05, 0) is 18.4 Å². The van der Waals surface area contributed by atoms with E-state index < -0.39 is 0 Å². The molecule has 0 saturated carbocycles. The van der Waals surface area contributed by atoms with Gasteiger partial charge in [0.05, 0.1) is 7.11 Å². The Morgan fingerprint density at radius 3 is 3.07 bits per heavy atom. The van der Waals surface area contributed by atoms with E-state index in [0.29, 0.717) is 6.42 Å². The first-order valence-electron chi connectivity index (χ1n) is 4.58. The summed E-state index contributed by atoms with van der Waals surface area (Å²) < 4.78 is 0. The van der Waals surface area contributed by atoms with Crippen LogP contribution in [0.1, 0.15) is 12.8 Å². The summed E-state index contributed by atoms with van der Waals surface area (Å²) in [5, 5.41) is 1.24. The van der Waals surface area contributed by atoms with Crippen LogP contribution in [0.2, 0.25) is 0 Å². The quantitative estimate of drug-likeness (QED) is 0.680. The lowest BCUT2D eigenvalue weighted by Crippen LogP contribution is -2.27. The highest BCUT2D eigenvalue weighted by Crippen LogP contribution is 2.18. The Hall–Kier alpha value is -1.29. The van der Waals surface area contributed by atoms with E-state index in [1.54, 1.807) is 7.05 Å². The van der Waals surface area contributed by atoms with Crippen molar-refractivity contribution in [3.63, 3.8) is 0 Å². The molecule has 1 aliphatic rings. The molecule has 2 N–H and O–H groups in total. The van der Waals surface area contributed by atoms with Gasteiger partial charge in [0.25, 0.3) is 0 Å². The Bertz CT molecular complexity index is 271. The fourth-order valence-electron chi connectivity index (χ4n) is 1.37. The fraction of sp³-hybridized carbons (Fsp3) is 0.500. The van der Waals surface area contributed by atoms with Crippen molar-refractivity contribution in [3.05, 3.63) is 23.9 Å². The standard InChI is InChI=1S/C10H16N2O2/c1-12(14-2)10(13)7-8-4-3-5-9(11)6-8/h3,5-6,8H,4,7,11H2,1-2H3. The molecule has 0 fully saturated rings. The van der Waals surface area contributed by atoms with Gasteiger partial charge in [-0.1, -0.05) is 12.2 Å². The van der Waals surface area contributed by atoms with Gasteiger partial charge in [0.15, 0.2) is 0 Å². The van der Waals surface area contributed by atoms with Crippen LogP contribution in [-0.2, 0) is 9.63 Å². The van der Waals surface area contributed by atoms with Crippen LogP contribution in [0.4, 0.5) is 0 Å². The molecule has 0 bridgehead atoms. The first-order chi connectivity index (χ1) is 6.63. The van der Waals surface area contributed by atoms with Gasteiger partial charge < -0.3 is 5.73 Å². The molecule has 1 rings (SSSR count). The van der Waals surface area contributed by atoms with E-state index in [2.05, 4.69) is 0 Å². The normalized spacial score (nSPS) is 20.4. The minimum atomic E-state index is -0.0307. The Labute approximate surface area is 84.0 Å². The van der Waals surface area contributed by atoms with Crippen molar-refractivity contribution in [2.45, 2.75) is 12.8 Å². The summed E-state index contributed by atoms with van der Waals surface area (Å²) in [6.45, 7) is 0. The van der Waals surface area contributed by atoms with Crippen molar-refractivity contribution in [1.29, 1.82) is 0 Å². The van der Waals surface area contributed by atoms with Gasteiger partial charge in [0.1, 0.15) is 0 Å². The molecule has 4 nitrogen and oxygen atoms in total. The van der Waals surface area contributed by atoms with Gasteiger partial charge in [-0.25, -0.2) is 5.06 Å². The third-order valence-electron chi connectivity index (χ3n) is 2.24. The average molecular weight is 196 g/mol. The Morgan fingerprint density at radius 1 is 1.79 bits per heavy atom. The number of carbonyl (C=O) groups is 1. The Balaban J connectivity index is 2.46. The summed E-state index contributed by atoms with van der Waals surface area (Å²) in [5.74, 6) is 0.168. The van der Waals surface area contributed by atoms with Crippen molar-refractivity contribution in [2.24, 2.45) is 11.7 Å². The lowest BCUT2D eigenvalue weighted by Gasteiger charge is -2.18. The van der Waals surface area contributed by atoms with Crippen molar-refractivity contribution in [3.8, 4) is 0 Å². The Morgan fingerprint density at radius 2 is 2.50 bits per heavy atom. The lowest BCUT2D eigenvalue weighted by molar-refractivity contribution is -0.169. The highest BCUT2D eigenvalue weighted by atomic mass is 16.7. The number of hydrogen-bond donors (Lipinski definition) is 1. The molecule has 0 saturated heterocycles. The topological polar surface area (TPSA) is 55.6 Å². The third kappa shape index (κ3) is 2.88. The molecule has 0 radical (unpaired) electrons. The zero-order chi connectivity index (χ0) is 10.6. The van der Waals surface area contributed by atoms with Crippen LogP contribution >= 0.6 is 0 Å². The molecule has 0 spiro atoms. The summed E-state index contributed by atoms with van der Waals surface area (Å²) in [6.07, 6.45) is 7.07. The van der Waals surface area contributed by atoms with Gasteiger partial charge in [0, 0.05) is 19.2 Å². The van der Waals surface area contributed by atoms with Gasteiger partial charge in [-0.15, -0.1) is 0 Å². The molecule has 1 amide bonds.